The Hall–Kier alpha value is -2.28. The lowest BCUT2D eigenvalue weighted by atomic mass is 9.93. The summed E-state index contributed by atoms with van der Waals surface area (Å²) in [6.45, 7) is 5.80. The van der Waals surface area contributed by atoms with E-state index in [1.165, 1.54) is 6.07 Å². The second-order valence-corrected chi connectivity index (χ2v) is 7.80. The quantitative estimate of drug-likeness (QED) is 0.702. The van der Waals surface area contributed by atoms with Gasteiger partial charge in [-0.3, -0.25) is 10.2 Å². The summed E-state index contributed by atoms with van der Waals surface area (Å²) in [7, 11) is 0. The Kier molecular flexibility index (Phi) is 5.57. The maximum absolute atomic E-state index is 14.1. The number of halogens is 3. The van der Waals surface area contributed by atoms with E-state index in [1.807, 2.05) is 6.92 Å². The van der Waals surface area contributed by atoms with Gasteiger partial charge in [-0.2, -0.15) is 13.2 Å². The van der Waals surface area contributed by atoms with E-state index in [4.69, 9.17) is 4.74 Å². The largest absolute Gasteiger partial charge is 0.493 e. The maximum Gasteiger partial charge on any atom is 0.409 e. The zero-order chi connectivity index (χ0) is 20.5. The lowest BCUT2D eigenvalue weighted by Crippen LogP contribution is -2.43. The molecule has 0 bridgehead atoms. The topological polar surface area (TPSA) is 41.6 Å². The Balaban J connectivity index is 2.06. The lowest BCUT2D eigenvalue weighted by molar-refractivity contribution is -0.191. The van der Waals surface area contributed by atoms with Crippen molar-refractivity contribution in [1.29, 1.82) is 0 Å². The highest BCUT2D eigenvalue weighted by atomic mass is 19.4. The molecule has 3 rings (SSSR count). The van der Waals surface area contributed by atoms with Gasteiger partial charge in [0.15, 0.2) is 6.04 Å². The van der Waals surface area contributed by atoms with Crippen LogP contribution < -0.4 is 10.2 Å². The monoisotopic (exact) mass is 394 g/mol. The summed E-state index contributed by atoms with van der Waals surface area (Å²) < 4.78 is 48.1. The highest BCUT2D eigenvalue weighted by Gasteiger charge is 2.51. The van der Waals surface area contributed by atoms with E-state index in [0.29, 0.717) is 23.1 Å². The smallest absolute Gasteiger partial charge is 0.409 e. The zero-order valence-electron chi connectivity index (χ0n) is 16.3. The first-order valence-electron chi connectivity index (χ1n) is 9.44. The number of hydrogen-bond acceptors (Lipinski definition) is 3. The van der Waals surface area contributed by atoms with Crippen LogP contribution in [0.25, 0.3) is 10.8 Å². The number of nitrogens with zero attached hydrogens (tertiary/aromatic N) is 1. The molecule has 0 radical (unpaired) electrons. The van der Waals surface area contributed by atoms with Crippen molar-refractivity contribution in [1.82, 2.24) is 10.4 Å². The van der Waals surface area contributed by atoms with Crippen LogP contribution in [0.15, 0.2) is 36.4 Å². The number of hydrazine groups is 1. The summed E-state index contributed by atoms with van der Waals surface area (Å²) in [6, 6.07) is 8.03. The molecule has 1 heterocycles. The first kappa shape index (κ1) is 20.5. The van der Waals surface area contributed by atoms with Gasteiger partial charge in [0, 0.05) is 11.9 Å². The zero-order valence-corrected chi connectivity index (χ0v) is 16.3. The summed E-state index contributed by atoms with van der Waals surface area (Å²) in [5.41, 5.74) is 1.63. The molecule has 1 unspecified atom stereocenters. The minimum atomic E-state index is -4.55. The van der Waals surface area contributed by atoms with Gasteiger partial charge in [-0.05, 0) is 37.3 Å². The minimum absolute atomic E-state index is 0.0287. The number of nitrogens with one attached hydrogen (secondary N) is 1. The van der Waals surface area contributed by atoms with E-state index in [9.17, 15) is 18.0 Å². The third-order valence-corrected chi connectivity index (χ3v) is 5.01. The van der Waals surface area contributed by atoms with Crippen LogP contribution in [0.2, 0.25) is 0 Å². The Morgan fingerprint density at radius 1 is 1.18 bits per heavy atom. The van der Waals surface area contributed by atoms with Crippen molar-refractivity contribution in [3.05, 3.63) is 42.0 Å². The molecule has 2 aromatic rings. The molecule has 4 nitrogen and oxygen atoms in total. The van der Waals surface area contributed by atoms with Crippen LogP contribution in [-0.2, 0) is 4.79 Å². The average Bonchev–Trinajstić information content (AvgIpc) is 2.87. The van der Waals surface area contributed by atoms with Crippen LogP contribution >= 0.6 is 0 Å². The number of unbranched alkanes of at least 4 members (excludes halogenated alkanes) is 1. The molecule has 1 saturated heterocycles. The predicted molar refractivity (Wildman–Crippen MR) is 102 cm³/mol. The molecule has 7 heteroatoms. The van der Waals surface area contributed by atoms with Crippen molar-refractivity contribution >= 4 is 16.7 Å². The molecule has 0 saturated carbocycles. The second kappa shape index (κ2) is 7.62. The van der Waals surface area contributed by atoms with Gasteiger partial charge in [0.25, 0.3) is 0 Å². The first-order valence-corrected chi connectivity index (χ1v) is 9.44. The molecule has 2 aromatic carbocycles. The van der Waals surface area contributed by atoms with E-state index in [-0.39, 0.29) is 12.1 Å². The number of ether oxygens (including phenoxy) is 1. The predicted octanol–water partition coefficient (Wildman–Crippen LogP) is 5.00. The molecule has 1 aliphatic rings. The molecule has 1 amide bonds. The van der Waals surface area contributed by atoms with Crippen LogP contribution in [-0.4, -0.2) is 30.2 Å². The third kappa shape index (κ3) is 3.94. The molecule has 0 aromatic heterocycles. The highest BCUT2D eigenvalue weighted by Crippen LogP contribution is 2.43. The number of carbonyl (C=O) groups excluding carboxylic acids is 1. The molecule has 1 fully saturated rings. The van der Waals surface area contributed by atoms with E-state index in [2.05, 4.69) is 5.43 Å². The van der Waals surface area contributed by atoms with Gasteiger partial charge in [0.05, 0.1) is 12.0 Å². The molecule has 0 spiro atoms. The third-order valence-electron chi connectivity index (χ3n) is 5.01. The fourth-order valence-electron chi connectivity index (χ4n) is 3.49. The van der Waals surface area contributed by atoms with Crippen LogP contribution in [0.1, 0.15) is 45.2 Å². The Morgan fingerprint density at radius 3 is 2.46 bits per heavy atom. The number of amides is 1. The second-order valence-electron chi connectivity index (χ2n) is 7.80. The summed E-state index contributed by atoms with van der Waals surface area (Å²) in [6.07, 6.45) is -2.71. The average molecular weight is 394 g/mol. The molecule has 28 heavy (non-hydrogen) atoms. The molecule has 1 aliphatic heterocycles. The van der Waals surface area contributed by atoms with Gasteiger partial charge in [-0.15, -0.1) is 0 Å². The fraction of sp³-hybridized carbons (Fsp3) is 0.476. The number of carbonyl (C=O) groups is 1. The Labute approximate surface area is 162 Å². The molecule has 152 valence electrons. The number of hydrogen-bond donors (Lipinski definition) is 1. The van der Waals surface area contributed by atoms with Crippen LogP contribution in [0.5, 0.6) is 5.75 Å². The Morgan fingerprint density at radius 2 is 1.86 bits per heavy atom. The number of benzene rings is 2. The van der Waals surface area contributed by atoms with E-state index in [1.54, 1.807) is 44.2 Å². The maximum atomic E-state index is 14.1. The van der Waals surface area contributed by atoms with Crippen molar-refractivity contribution in [2.24, 2.45) is 5.41 Å². The van der Waals surface area contributed by atoms with Crippen LogP contribution in [0.3, 0.4) is 0 Å². The molecule has 0 aliphatic carbocycles. The normalized spacial score (nSPS) is 18.3. The molecule has 1 N–H and O–H groups in total. The van der Waals surface area contributed by atoms with Crippen LogP contribution in [0, 0.1) is 5.41 Å². The van der Waals surface area contributed by atoms with Gasteiger partial charge in [0.2, 0.25) is 5.91 Å². The molecular weight excluding hydrogens is 369 g/mol. The number of fused-ring (bicyclic) bond motifs is 1. The lowest BCUT2D eigenvalue weighted by Gasteiger charge is -2.30. The van der Waals surface area contributed by atoms with E-state index >= 15 is 0 Å². The SMILES string of the molecule is CCCCOc1cccc2c(C(N3CC(C)(C)C(=O)N3)C(F)(F)F)cccc12. The van der Waals surface area contributed by atoms with Crippen molar-refractivity contribution in [3.63, 3.8) is 0 Å². The van der Waals surface area contributed by atoms with Crippen LogP contribution in [0.4, 0.5) is 13.2 Å². The van der Waals surface area contributed by atoms with Crippen molar-refractivity contribution < 1.29 is 22.7 Å². The summed E-state index contributed by atoms with van der Waals surface area (Å²) in [4.78, 5) is 12.1. The highest BCUT2D eigenvalue weighted by molar-refractivity contribution is 5.91. The summed E-state index contributed by atoms with van der Waals surface area (Å²) in [5, 5.41) is 2.11. The number of rotatable bonds is 6. The molecule has 1 atom stereocenters. The van der Waals surface area contributed by atoms with Crippen molar-refractivity contribution in [2.75, 3.05) is 13.2 Å². The minimum Gasteiger partial charge on any atom is -0.493 e. The summed E-state index contributed by atoms with van der Waals surface area (Å²) in [5.74, 6) is 0.157. The first-order chi connectivity index (χ1) is 13.1. The molecular formula is C21H25F3N2O2. The Bertz CT molecular complexity index is 864. The van der Waals surface area contributed by atoms with E-state index in [0.717, 1.165) is 17.9 Å². The van der Waals surface area contributed by atoms with Gasteiger partial charge < -0.3 is 4.74 Å². The van der Waals surface area contributed by atoms with E-state index < -0.39 is 23.5 Å². The van der Waals surface area contributed by atoms with Gasteiger partial charge in [-0.1, -0.05) is 43.7 Å². The fourth-order valence-corrected chi connectivity index (χ4v) is 3.49. The van der Waals surface area contributed by atoms with Gasteiger partial charge in [0.1, 0.15) is 5.75 Å². The van der Waals surface area contributed by atoms with Crippen molar-refractivity contribution in [2.45, 2.75) is 45.8 Å². The van der Waals surface area contributed by atoms with Crippen molar-refractivity contribution in [3.8, 4) is 5.75 Å². The standard InChI is InChI=1S/C21H25F3N2O2/c1-4-5-12-28-17-11-7-8-14-15(17)9-6-10-16(14)18(21(22,23)24)26-13-20(2,3)19(27)25-26/h6-11,18H,4-5,12-13H2,1-3H3,(H,25,27). The summed E-state index contributed by atoms with van der Waals surface area (Å²) >= 11 is 0. The van der Waals surface area contributed by atoms with Gasteiger partial charge in [-0.25, -0.2) is 5.01 Å². The number of alkyl halides is 3. The van der Waals surface area contributed by atoms with Gasteiger partial charge >= 0.3 is 6.18 Å².